The third-order valence-electron chi connectivity index (χ3n) is 5.85. The number of hydrogen-bond donors (Lipinski definition) is 2. The van der Waals surface area contributed by atoms with Crippen molar-refractivity contribution in [1.29, 1.82) is 0 Å². The van der Waals surface area contributed by atoms with Crippen molar-refractivity contribution in [2.75, 3.05) is 13.2 Å². The Labute approximate surface area is 204 Å². The van der Waals surface area contributed by atoms with E-state index in [2.05, 4.69) is 33.5 Å². The molecule has 178 valence electrons. The summed E-state index contributed by atoms with van der Waals surface area (Å²) in [5.74, 6) is 0.960. The van der Waals surface area contributed by atoms with Crippen LogP contribution in [0.1, 0.15) is 68.0 Å². The Bertz CT molecular complexity index is 902. The van der Waals surface area contributed by atoms with Crippen molar-refractivity contribution in [1.82, 2.24) is 10.6 Å². The van der Waals surface area contributed by atoms with E-state index in [-0.39, 0.29) is 24.1 Å². The normalized spacial score (nSPS) is 18.8. The number of carbonyl (C=O) groups is 2. The maximum absolute atomic E-state index is 12.4. The molecule has 0 aromatic heterocycles. The van der Waals surface area contributed by atoms with Gasteiger partial charge in [-0.15, -0.1) is 0 Å². The van der Waals surface area contributed by atoms with Crippen LogP contribution in [0, 0.1) is 5.92 Å². The Morgan fingerprint density at radius 3 is 2.48 bits per heavy atom. The standard InChI is InChI=1S/C26H33BrN2O4/c1-3-32-25(30)20-9-13-23(14-10-20)33-24(19-7-11-21(27)12-8-19)15-16-28-26(31)29-22-6-4-5-18(2)17-22/h7-14,18,22,24H,3-6,15-17H2,1-2H3,(H2,28,29,31). The average molecular weight is 517 g/mol. The number of halogens is 1. The van der Waals surface area contributed by atoms with E-state index in [1.165, 1.54) is 12.8 Å². The maximum Gasteiger partial charge on any atom is 0.338 e. The van der Waals surface area contributed by atoms with Gasteiger partial charge in [0.25, 0.3) is 0 Å². The molecule has 0 radical (unpaired) electrons. The zero-order valence-electron chi connectivity index (χ0n) is 19.3. The van der Waals surface area contributed by atoms with E-state index in [4.69, 9.17) is 9.47 Å². The molecule has 0 saturated heterocycles. The lowest BCUT2D eigenvalue weighted by Crippen LogP contribution is -2.44. The fourth-order valence-electron chi connectivity index (χ4n) is 4.14. The number of benzene rings is 2. The van der Waals surface area contributed by atoms with E-state index in [1.807, 2.05) is 24.3 Å². The molecule has 33 heavy (non-hydrogen) atoms. The van der Waals surface area contributed by atoms with Crippen LogP contribution in [-0.4, -0.2) is 31.2 Å². The van der Waals surface area contributed by atoms with E-state index in [0.717, 1.165) is 22.9 Å². The lowest BCUT2D eigenvalue weighted by Gasteiger charge is -2.27. The summed E-state index contributed by atoms with van der Waals surface area (Å²) in [6.45, 7) is 4.84. The summed E-state index contributed by atoms with van der Waals surface area (Å²) in [6.07, 6.45) is 4.86. The average Bonchev–Trinajstić information content (AvgIpc) is 2.79. The molecule has 7 heteroatoms. The molecule has 1 aliphatic carbocycles. The van der Waals surface area contributed by atoms with Crippen LogP contribution in [0.15, 0.2) is 53.0 Å². The van der Waals surface area contributed by atoms with Gasteiger partial charge in [0, 0.05) is 23.5 Å². The Morgan fingerprint density at radius 1 is 1.09 bits per heavy atom. The molecule has 2 amide bonds. The second kappa shape index (κ2) is 12.6. The van der Waals surface area contributed by atoms with Crippen LogP contribution < -0.4 is 15.4 Å². The van der Waals surface area contributed by atoms with Gasteiger partial charge in [-0.2, -0.15) is 0 Å². The van der Waals surface area contributed by atoms with Crippen molar-refractivity contribution in [2.45, 2.75) is 58.1 Å². The lowest BCUT2D eigenvalue weighted by molar-refractivity contribution is 0.0526. The van der Waals surface area contributed by atoms with Gasteiger partial charge < -0.3 is 20.1 Å². The maximum atomic E-state index is 12.4. The number of esters is 1. The molecule has 3 rings (SSSR count). The van der Waals surface area contributed by atoms with Gasteiger partial charge >= 0.3 is 12.0 Å². The SMILES string of the molecule is CCOC(=O)c1ccc(OC(CCNC(=O)NC2CCCC(C)C2)c2ccc(Br)cc2)cc1. The predicted octanol–water partition coefficient (Wildman–Crippen LogP) is 6.01. The van der Waals surface area contributed by atoms with E-state index in [9.17, 15) is 9.59 Å². The van der Waals surface area contributed by atoms with Crippen LogP contribution in [-0.2, 0) is 4.74 Å². The van der Waals surface area contributed by atoms with Crippen molar-refractivity contribution in [3.8, 4) is 5.75 Å². The number of rotatable bonds is 9. The molecular formula is C26H33BrN2O4. The number of carbonyl (C=O) groups excluding carboxylic acids is 2. The fraction of sp³-hybridized carbons (Fsp3) is 0.462. The molecule has 3 atom stereocenters. The zero-order chi connectivity index (χ0) is 23.6. The first-order valence-electron chi connectivity index (χ1n) is 11.7. The quantitative estimate of drug-likeness (QED) is 0.399. The van der Waals surface area contributed by atoms with Crippen LogP contribution in [0.5, 0.6) is 5.75 Å². The topological polar surface area (TPSA) is 76.7 Å². The van der Waals surface area contributed by atoms with Crippen molar-refractivity contribution in [2.24, 2.45) is 5.92 Å². The number of ether oxygens (including phenoxy) is 2. The van der Waals surface area contributed by atoms with Gasteiger partial charge in [-0.1, -0.05) is 47.8 Å². The second-order valence-corrected chi connectivity index (χ2v) is 9.48. The molecule has 3 unspecified atom stereocenters. The highest BCUT2D eigenvalue weighted by Crippen LogP contribution is 2.27. The van der Waals surface area contributed by atoms with Crippen LogP contribution in [0.25, 0.3) is 0 Å². The molecule has 0 heterocycles. The van der Waals surface area contributed by atoms with Gasteiger partial charge in [-0.25, -0.2) is 9.59 Å². The molecule has 2 aromatic carbocycles. The van der Waals surface area contributed by atoms with Gasteiger partial charge in [0.15, 0.2) is 0 Å². The van der Waals surface area contributed by atoms with Crippen molar-refractivity contribution in [3.63, 3.8) is 0 Å². The first kappa shape index (κ1) is 25.1. The molecule has 1 aliphatic rings. The van der Waals surface area contributed by atoms with Crippen molar-refractivity contribution in [3.05, 3.63) is 64.1 Å². The molecule has 1 saturated carbocycles. The minimum atomic E-state index is -0.351. The largest absolute Gasteiger partial charge is 0.486 e. The minimum absolute atomic E-state index is 0.123. The number of hydrogen-bond acceptors (Lipinski definition) is 4. The van der Waals surface area contributed by atoms with Gasteiger partial charge in [0.2, 0.25) is 0 Å². The summed E-state index contributed by atoms with van der Waals surface area (Å²) in [4.78, 5) is 24.3. The molecule has 0 bridgehead atoms. The van der Waals surface area contributed by atoms with E-state index >= 15 is 0 Å². The number of amides is 2. The smallest absolute Gasteiger partial charge is 0.338 e. The third-order valence-corrected chi connectivity index (χ3v) is 6.38. The van der Waals surface area contributed by atoms with E-state index in [1.54, 1.807) is 31.2 Å². The minimum Gasteiger partial charge on any atom is -0.486 e. The van der Waals surface area contributed by atoms with Crippen molar-refractivity contribution < 1.29 is 19.1 Å². The molecule has 1 fully saturated rings. The predicted molar refractivity (Wildman–Crippen MR) is 132 cm³/mol. The first-order chi connectivity index (χ1) is 15.9. The molecule has 6 nitrogen and oxygen atoms in total. The summed E-state index contributed by atoms with van der Waals surface area (Å²) >= 11 is 3.47. The molecule has 0 spiro atoms. The van der Waals surface area contributed by atoms with Crippen LogP contribution in [0.2, 0.25) is 0 Å². The first-order valence-corrected chi connectivity index (χ1v) is 12.5. The Kier molecular flexibility index (Phi) is 9.61. The monoisotopic (exact) mass is 516 g/mol. The lowest BCUT2D eigenvalue weighted by atomic mass is 9.87. The summed E-state index contributed by atoms with van der Waals surface area (Å²) in [7, 11) is 0. The van der Waals surface area contributed by atoms with Gasteiger partial charge in [-0.3, -0.25) is 0 Å². The third kappa shape index (κ3) is 8.07. The highest BCUT2D eigenvalue weighted by Gasteiger charge is 2.21. The molecule has 0 aliphatic heterocycles. The van der Waals surface area contributed by atoms with Gasteiger partial charge in [0.1, 0.15) is 11.9 Å². The van der Waals surface area contributed by atoms with Crippen molar-refractivity contribution >= 4 is 27.9 Å². The zero-order valence-corrected chi connectivity index (χ0v) is 20.9. The summed E-state index contributed by atoms with van der Waals surface area (Å²) < 4.78 is 12.3. The highest BCUT2D eigenvalue weighted by molar-refractivity contribution is 9.10. The summed E-state index contributed by atoms with van der Waals surface area (Å²) in [5, 5.41) is 6.09. The van der Waals surface area contributed by atoms with Crippen LogP contribution in [0.3, 0.4) is 0 Å². The van der Waals surface area contributed by atoms with E-state index in [0.29, 0.717) is 36.8 Å². The Hall–Kier alpha value is -2.54. The van der Waals surface area contributed by atoms with E-state index < -0.39 is 0 Å². The number of urea groups is 1. The second-order valence-electron chi connectivity index (χ2n) is 8.56. The van der Waals surface area contributed by atoms with Gasteiger partial charge in [0.05, 0.1) is 12.2 Å². The fourth-order valence-corrected chi connectivity index (χ4v) is 4.40. The highest BCUT2D eigenvalue weighted by atomic mass is 79.9. The number of nitrogens with one attached hydrogen (secondary N) is 2. The van der Waals surface area contributed by atoms with Gasteiger partial charge in [-0.05, 0) is 67.6 Å². The van der Waals surface area contributed by atoms with Crippen LogP contribution >= 0.6 is 15.9 Å². The van der Waals surface area contributed by atoms with Crippen LogP contribution in [0.4, 0.5) is 4.79 Å². The molecule has 2 aromatic rings. The summed E-state index contributed by atoms with van der Waals surface area (Å²) in [6, 6.07) is 15.0. The Balaban J connectivity index is 1.58. The molecular weight excluding hydrogens is 484 g/mol. The summed E-state index contributed by atoms with van der Waals surface area (Å²) in [5.41, 5.74) is 1.50. The molecule has 2 N–H and O–H groups in total. The Morgan fingerprint density at radius 2 is 1.82 bits per heavy atom.